The van der Waals surface area contributed by atoms with Gasteiger partial charge in [-0.05, 0) is 48.1 Å². The van der Waals surface area contributed by atoms with E-state index in [1.54, 1.807) is 18.4 Å². The number of ether oxygens (including phenoxy) is 2. The highest BCUT2D eigenvalue weighted by Gasteiger charge is 2.15. The van der Waals surface area contributed by atoms with Crippen molar-refractivity contribution in [1.29, 1.82) is 0 Å². The van der Waals surface area contributed by atoms with E-state index in [1.165, 1.54) is 15.9 Å². The Morgan fingerprint density at radius 2 is 2.04 bits per heavy atom. The van der Waals surface area contributed by atoms with Gasteiger partial charge in [-0.15, -0.1) is 11.3 Å². The van der Waals surface area contributed by atoms with Gasteiger partial charge in [0.2, 0.25) is 6.79 Å². The van der Waals surface area contributed by atoms with Crippen LogP contribution in [0.2, 0.25) is 0 Å². The first kappa shape index (κ1) is 14.2. The highest BCUT2D eigenvalue weighted by atomic mass is 32.1. The molecule has 5 nitrogen and oxygen atoms in total. The van der Waals surface area contributed by atoms with Crippen LogP contribution in [-0.2, 0) is 6.54 Å². The molecular weight excluding hydrogens is 334 g/mol. The summed E-state index contributed by atoms with van der Waals surface area (Å²) in [6.07, 6.45) is 1.58. The van der Waals surface area contributed by atoms with Gasteiger partial charge in [-0.2, -0.15) is 0 Å². The molecule has 1 aromatic carbocycles. The molecule has 0 aliphatic carbocycles. The second-order valence-electron chi connectivity index (χ2n) is 4.95. The molecule has 0 N–H and O–H groups in total. The second kappa shape index (κ2) is 5.68. The van der Waals surface area contributed by atoms with Crippen molar-refractivity contribution in [2.75, 3.05) is 6.79 Å². The maximum atomic E-state index is 12.4. The molecule has 2 aromatic heterocycles. The molecule has 0 saturated carbocycles. The van der Waals surface area contributed by atoms with Crippen LogP contribution in [0.3, 0.4) is 0 Å². The summed E-state index contributed by atoms with van der Waals surface area (Å²) < 4.78 is 18.0. The monoisotopic (exact) mass is 345 g/mol. The Morgan fingerprint density at radius 3 is 2.83 bits per heavy atom. The minimum Gasteiger partial charge on any atom is -0.467 e. The number of rotatable bonds is 3. The fraction of sp³-hybridized carbons (Fsp3) is 0.125. The van der Waals surface area contributed by atoms with Crippen molar-refractivity contribution in [2.45, 2.75) is 6.54 Å². The van der Waals surface area contributed by atoms with Crippen molar-refractivity contribution in [1.82, 2.24) is 4.57 Å². The third-order valence-electron chi connectivity index (χ3n) is 3.49. The first-order valence-corrected chi connectivity index (χ1v) is 8.10. The molecule has 0 spiro atoms. The van der Waals surface area contributed by atoms with Crippen LogP contribution in [0.5, 0.6) is 11.5 Å². The third kappa shape index (κ3) is 2.69. The highest BCUT2D eigenvalue weighted by Crippen LogP contribution is 2.36. The minimum absolute atomic E-state index is 0.155. The molecule has 0 atom stereocenters. The van der Waals surface area contributed by atoms with E-state index in [0.717, 1.165) is 10.4 Å². The van der Waals surface area contributed by atoms with Crippen LogP contribution in [-0.4, -0.2) is 11.4 Å². The lowest BCUT2D eigenvalue weighted by Gasteiger charge is -2.06. The summed E-state index contributed by atoms with van der Waals surface area (Å²) >= 11 is 6.76. The normalized spacial score (nSPS) is 12.5. The number of hydrogen-bond donors (Lipinski definition) is 0. The zero-order valence-electron chi connectivity index (χ0n) is 11.9. The number of furan rings is 1. The molecule has 1 aliphatic heterocycles. The summed E-state index contributed by atoms with van der Waals surface area (Å²) in [6, 6.07) is 10.8. The van der Waals surface area contributed by atoms with Gasteiger partial charge in [0.05, 0.1) is 12.8 Å². The molecule has 0 bridgehead atoms. The molecule has 1 aliphatic rings. The van der Waals surface area contributed by atoms with Crippen LogP contribution in [0.4, 0.5) is 0 Å². The number of fused-ring (bicyclic) bond motifs is 1. The first-order valence-electron chi connectivity index (χ1n) is 6.88. The molecule has 4 rings (SSSR count). The van der Waals surface area contributed by atoms with Gasteiger partial charge in [0.1, 0.15) is 5.76 Å². The van der Waals surface area contributed by atoms with Crippen LogP contribution in [0.25, 0.3) is 10.4 Å². The van der Waals surface area contributed by atoms with Crippen molar-refractivity contribution in [3.05, 3.63) is 62.7 Å². The van der Waals surface area contributed by atoms with Crippen LogP contribution in [0.15, 0.2) is 51.9 Å². The lowest BCUT2D eigenvalue weighted by Crippen LogP contribution is -2.19. The topological polar surface area (TPSA) is 53.6 Å². The smallest absolute Gasteiger partial charge is 0.254 e. The van der Waals surface area contributed by atoms with Gasteiger partial charge in [-0.25, -0.2) is 0 Å². The van der Waals surface area contributed by atoms with E-state index >= 15 is 0 Å². The molecule has 0 saturated heterocycles. The summed E-state index contributed by atoms with van der Waals surface area (Å²) in [5, 5.41) is 0. The SMILES string of the molecule is O=c1cc(-c2ccc3c(c2)OCO3)sc(=S)n1Cc1ccco1. The van der Waals surface area contributed by atoms with E-state index in [-0.39, 0.29) is 12.4 Å². The van der Waals surface area contributed by atoms with E-state index in [1.807, 2.05) is 24.3 Å². The first-order chi connectivity index (χ1) is 11.2. The van der Waals surface area contributed by atoms with E-state index in [9.17, 15) is 4.79 Å². The Labute approximate surface area is 140 Å². The quantitative estimate of drug-likeness (QED) is 0.678. The van der Waals surface area contributed by atoms with Gasteiger partial charge in [0.25, 0.3) is 5.56 Å². The molecular formula is C16H11NO4S2. The maximum absolute atomic E-state index is 12.4. The van der Waals surface area contributed by atoms with E-state index in [4.69, 9.17) is 26.1 Å². The third-order valence-corrected chi connectivity index (χ3v) is 4.93. The Balaban J connectivity index is 1.74. The van der Waals surface area contributed by atoms with Crippen LogP contribution >= 0.6 is 23.6 Å². The van der Waals surface area contributed by atoms with Gasteiger partial charge in [0.15, 0.2) is 15.5 Å². The summed E-state index contributed by atoms with van der Waals surface area (Å²) in [7, 11) is 0. The molecule has 7 heteroatoms. The van der Waals surface area contributed by atoms with Crippen molar-refractivity contribution < 1.29 is 13.9 Å². The molecule has 0 unspecified atom stereocenters. The van der Waals surface area contributed by atoms with E-state index in [2.05, 4.69) is 0 Å². The summed E-state index contributed by atoms with van der Waals surface area (Å²) in [4.78, 5) is 13.2. The van der Waals surface area contributed by atoms with Crippen molar-refractivity contribution in [3.63, 3.8) is 0 Å². The number of hydrogen-bond acceptors (Lipinski definition) is 6. The summed E-state index contributed by atoms with van der Waals surface area (Å²) in [5.41, 5.74) is 0.727. The fourth-order valence-electron chi connectivity index (χ4n) is 2.35. The van der Waals surface area contributed by atoms with Crippen LogP contribution < -0.4 is 15.0 Å². The Hall–Kier alpha value is -2.38. The van der Waals surface area contributed by atoms with Gasteiger partial charge in [-0.3, -0.25) is 9.36 Å². The standard InChI is InChI=1S/C16H11NO4S2/c18-15-7-14(10-3-4-12-13(6-10)21-9-20-12)23-16(22)17(15)8-11-2-1-5-19-11/h1-7H,8-9H2. The highest BCUT2D eigenvalue weighted by molar-refractivity contribution is 7.73. The lowest BCUT2D eigenvalue weighted by atomic mass is 10.2. The van der Waals surface area contributed by atoms with Gasteiger partial charge in [0, 0.05) is 10.9 Å². The van der Waals surface area contributed by atoms with E-state index < -0.39 is 0 Å². The predicted molar refractivity (Wildman–Crippen MR) is 88.8 cm³/mol. The molecule has 0 radical (unpaired) electrons. The molecule has 0 amide bonds. The molecule has 0 fully saturated rings. The molecule has 116 valence electrons. The van der Waals surface area contributed by atoms with Gasteiger partial charge >= 0.3 is 0 Å². The molecule has 3 heterocycles. The summed E-state index contributed by atoms with van der Waals surface area (Å²) in [5.74, 6) is 2.09. The largest absolute Gasteiger partial charge is 0.467 e. The summed E-state index contributed by atoms with van der Waals surface area (Å²) in [6.45, 7) is 0.557. The number of benzene rings is 1. The van der Waals surface area contributed by atoms with E-state index in [0.29, 0.717) is 27.8 Å². The number of nitrogens with zero attached hydrogens (tertiary/aromatic N) is 1. The average molecular weight is 345 g/mol. The number of aromatic nitrogens is 1. The van der Waals surface area contributed by atoms with Gasteiger partial charge < -0.3 is 13.9 Å². The molecule has 23 heavy (non-hydrogen) atoms. The zero-order valence-corrected chi connectivity index (χ0v) is 13.5. The Morgan fingerprint density at radius 1 is 1.17 bits per heavy atom. The fourth-order valence-corrected chi connectivity index (χ4v) is 3.63. The van der Waals surface area contributed by atoms with Gasteiger partial charge in [-0.1, -0.05) is 0 Å². The van der Waals surface area contributed by atoms with Crippen molar-refractivity contribution >= 4 is 23.6 Å². The second-order valence-corrected chi connectivity index (χ2v) is 6.62. The lowest BCUT2D eigenvalue weighted by molar-refractivity contribution is 0.174. The van der Waals surface area contributed by atoms with Crippen LogP contribution in [0, 0.1) is 3.95 Å². The van der Waals surface area contributed by atoms with Crippen molar-refractivity contribution in [2.24, 2.45) is 0 Å². The Kier molecular flexibility index (Phi) is 3.51. The average Bonchev–Trinajstić information content (AvgIpc) is 3.21. The maximum Gasteiger partial charge on any atom is 0.254 e. The Bertz CT molecular complexity index is 941. The van der Waals surface area contributed by atoms with Crippen LogP contribution in [0.1, 0.15) is 5.76 Å². The minimum atomic E-state index is -0.155. The zero-order chi connectivity index (χ0) is 15.8. The predicted octanol–water partition coefficient (Wildman–Crippen LogP) is 3.68. The van der Waals surface area contributed by atoms with Crippen molar-refractivity contribution in [3.8, 4) is 21.9 Å². The molecule has 3 aromatic rings.